The molecule has 23 heavy (non-hydrogen) atoms. The van der Waals surface area contributed by atoms with Crippen LogP contribution in [-0.2, 0) is 0 Å². The van der Waals surface area contributed by atoms with Crippen molar-refractivity contribution in [1.82, 2.24) is 0 Å². The summed E-state index contributed by atoms with van der Waals surface area (Å²) in [5.41, 5.74) is 3.71. The van der Waals surface area contributed by atoms with Crippen molar-refractivity contribution in [3.8, 4) is 11.0 Å². The van der Waals surface area contributed by atoms with Gasteiger partial charge in [0.2, 0.25) is 0 Å². The van der Waals surface area contributed by atoms with E-state index >= 15 is 0 Å². The summed E-state index contributed by atoms with van der Waals surface area (Å²) in [5.74, 6) is -2.04. The Hall–Kier alpha value is -2.36. The van der Waals surface area contributed by atoms with Gasteiger partial charge in [-0.1, -0.05) is 24.3 Å². The second-order valence-electron chi connectivity index (χ2n) is 5.20. The molecule has 0 saturated heterocycles. The molecule has 0 fully saturated rings. The Morgan fingerprint density at radius 2 is 1.26 bits per heavy atom. The Balaban J connectivity index is 0.000000203. The quantitative estimate of drug-likeness (QED) is 0.527. The van der Waals surface area contributed by atoms with Crippen molar-refractivity contribution in [3.05, 3.63) is 89.1 Å². The van der Waals surface area contributed by atoms with E-state index in [1.54, 1.807) is 31.1 Å². The number of hydrogen-bond donors (Lipinski definition) is 0. The zero-order valence-corrected chi connectivity index (χ0v) is 13.0. The molecule has 2 aromatic carbocycles. The van der Waals surface area contributed by atoms with Crippen molar-refractivity contribution in [2.24, 2.45) is 0 Å². The van der Waals surface area contributed by atoms with Crippen LogP contribution in [0.4, 0.5) is 13.2 Å². The van der Waals surface area contributed by atoms with Crippen LogP contribution >= 0.6 is 0 Å². The van der Waals surface area contributed by atoms with Crippen molar-refractivity contribution in [3.63, 3.8) is 0 Å². The third-order valence-corrected chi connectivity index (χ3v) is 3.52. The van der Waals surface area contributed by atoms with Crippen molar-refractivity contribution < 1.29 is 13.2 Å². The third-order valence-electron chi connectivity index (χ3n) is 3.52. The van der Waals surface area contributed by atoms with Crippen molar-refractivity contribution in [1.29, 1.82) is 0 Å². The fraction of sp³-hybridized carbons (Fsp3) is 0.105. The summed E-state index contributed by atoms with van der Waals surface area (Å²) in [6.45, 7) is 5.94. The van der Waals surface area contributed by atoms with Gasteiger partial charge in [-0.25, -0.2) is 0 Å². The minimum absolute atomic E-state index is 0.326. The van der Waals surface area contributed by atoms with Gasteiger partial charge in [0.25, 0.3) is 0 Å². The van der Waals surface area contributed by atoms with E-state index in [1.807, 2.05) is 0 Å². The third kappa shape index (κ3) is 4.55. The molecule has 0 radical (unpaired) electrons. The fourth-order valence-corrected chi connectivity index (χ4v) is 2.02. The van der Waals surface area contributed by atoms with Crippen molar-refractivity contribution >= 4 is 6.91 Å². The van der Waals surface area contributed by atoms with E-state index in [4.69, 9.17) is 0 Å². The molecule has 0 spiro atoms. The number of rotatable bonds is 1. The number of halogens is 3. The first-order valence-corrected chi connectivity index (χ1v) is 7.21. The van der Waals surface area contributed by atoms with Crippen LogP contribution in [0, 0.1) is 31.3 Å². The summed E-state index contributed by atoms with van der Waals surface area (Å²) in [6, 6.07) is 15.6. The summed E-state index contributed by atoms with van der Waals surface area (Å²) in [5, 5.41) is 0. The molecule has 3 rings (SSSR count). The normalized spacial score (nSPS) is 9.78. The van der Waals surface area contributed by atoms with E-state index in [0.29, 0.717) is 11.0 Å². The Labute approximate surface area is 134 Å². The number of hydrogen-bond acceptors (Lipinski definition) is 0. The van der Waals surface area contributed by atoms with Crippen LogP contribution in [-0.4, -0.2) is 6.91 Å². The molecule has 0 bridgehead atoms. The average Bonchev–Trinajstić information content (AvgIpc) is 2.56. The molecule has 0 aliphatic carbocycles. The van der Waals surface area contributed by atoms with Gasteiger partial charge in [-0.05, 0) is 25.0 Å². The second kappa shape index (κ2) is 7.77. The molecule has 0 N–H and O–H groups in total. The molecule has 0 nitrogen and oxygen atoms in total. The van der Waals surface area contributed by atoms with E-state index < -0.39 is 17.5 Å². The van der Waals surface area contributed by atoms with Gasteiger partial charge in [0.05, 0.1) is 0 Å². The maximum absolute atomic E-state index is 12.9. The first kappa shape index (κ1) is 17.0. The average molecular weight is 312 g/mol. The van der Waals surface area contributed by atoms with Crippen molar-refractivity contribution in [2.75, 3.05) is 0 Å². The molecule has 1 aromatic heterocycles. The van der Waals surface area contributed by atoms with Gasteiger partial charge in [0, 0.05) is 0 Å². The van der Waals surface area contributed by atoms with E-state index in [-0.39, 0.29) is 0 Å². The molecular weight excluding hydrogens is 296 g/mol. The molecule has 0 aliphatic rings. The molecule has 0 amide bonds. The van der Waals surface area contributed by atoms with Crippen LogP contribution in [0.1, 0.15) is 11.1 Å². The molecule has 0 atom stereocenters. The summed E-state index contributed by atoms with van der Waals surface area (Å²) in [7, 11) is 0. The Kier molecular flexibility index (Phi) is 5.75. The molecule has 4 heteroatoms. The molecular formula is C19H16BF3. The standard InChI is InChI=1S/C11H6BF3.C8H10/c13-9-5-7(6-10(14)11(9)15)8-3-1-2-4-12-8;1-7-5-3-4-6-8(7)2/h1-6H;3-6H,1-2H3. The summed E-state index contributed by atoms with van der Waals surface area (Å²) in [4.78, 5) is 0. The van der Waals surface area contributed by atoms with Crippen LogP contribution < -0.4 is 0 Å². The predicted octanol–water partition coefficient (Wildman–Crippen LogP) is 5.41. The van der Waals surface area contributed by atoms with Gasteiger partial charge >= 0.3 is 84.8 Å². The van der Waals surface area contributed by atoms with Gasteiger partial charge in [0.1, 0.15) is 0 Å². The monoisotopic (exact) mass is 312 g/mol. The van der Waals surface area contributed by atoms with Gasteiger partial charge < -0.3 is 0 Å². The van der Waals surface area contributed by atoms with Gasteiger partial charge in [-0.3, -0.25) is 0 Å². The zero-order valence-electron chi connectivity index (χ0n) is 13.0. The fourth-order valence-electron chi connectivity index (χ4n) is 2.02. The van der Waals surface area contributed by atoms with Gasteiger partial charge in [-0.2, -0.15) is 0 Å². The minimum atomic E-state index is -1.44. The first-order chi connectivity index (χ1) is 11.0. The SMILES string of the molecule is Cc1ccccc1C.Fc1cc(-c2bcccc2)cc(F)c1F. The van der Waals surface area contributed by atoms with Crippen LogP contribution in [0.25, 0.3) is 11.0 Å². The summed E-state index contributed by atoms with van der Waals surface area (Å²) < 4.78 is 38.5. The van der Waals surface area contributed by atoms with Crippen LogP contribution in [0.3, 0.4) is 0 Å². The first-order valence-electron chi connectivity index (χ1n) is 7.21. The molecule has 1 heterocycles. The molecule has 116 valence electrons. The van der Waals surface area contributed by atoms with Crippen LogP contribution in [0.15, 0.2) is 60.6 Å². The molecule has 0 saturated carbocycles. The second-order valence-corrected chi connectivity index (χ2v) is 5.20. The maximum atomic E-state index is 12.9. The molecule has 0 unspecified atom stereocenters. The summed E-state index contributed by atoms with van der Waals surface area (Å²) in [6.07, 6.45) is 0. The van der Waals surface area contributed by atoms with E-state index in [1.165, 1.54) is 11.1 Å². The predicted molar refractivity (Wildman–Crippen MR) is 89.0 cm³/mol. The van der Waals surface area contributed by atoms with Crippen molar-refractivity contribution in [2.45, 2.75) is 13.8 Å². The number of aryl methyl sites for hydroxylation is 2. The zero-order chi connectivity index (χ0) is 16.8. The van der Waals surface area contributed by atoms with Crippen LogP contribution in [0.5, 0.6) is 0 Å². The van der Waals surface area contributed by atoms with Gasteiger partial charge in [0.15, 0.2) is 0 Å². The topological polar surface area (TPSA) is 0 Å². The van der Waals surface area contributed by atoms with E-state index in [2.05, 4.69) is 38.1 Å². The number of benzene rings is 2. The van der Waals surface area contributed by atoms with Crippen LogP contribution in [0.2, 0.25) is 0 Å². The molecule has 3 aromatic rings. The summed E-state index contributed by atoms with van der Waals surface area (Å²) >= 11 is 0. The van der Waals surface area contributed by atoms with Gasteiger partial charge in [-0.15, -0.1) is 0 Å². The van der Waals surface area contributed by atoms with E-state index in [9.17, 15) is 13.2 Å². The van der Waals surface area contributed by atoms with E-state index in [0.717, 1.165) is 12.1 Å². The Morgan fingerprint density at radius 3 is 1.70 bits per heavy atom. The molecule has 0 aliphatic heterocycles. The Bertz CT molecular complexity index is 742. The Morgan fingerprint density at radius 1 is 0.739 bits per heavy atom.